The van der Waals surface area contributed by atoms with E-state index in [1.165, 1.54) is 34.6 Å². The predicted molar refractivity (Wildman–Crippen MR) is 124 cm³/mol. The van der Waals surface area contributed by atoms with Gasteiger partial charge in [-0.1, -0.05) is 18.2 Å². The maximum Gasteiger partial charge on any atom is 0.335 e. The van der Waals surface area contributed by atoms with Crippen molar-refractivity contribution in [1.82, 2.24) is 14.1 Å². The van der Waals surface area contributed by atoms with Crippen LogP contribution < -0.4 is 0 Å². The second kappa shape index (κ2) is 6.71. The molecule has 1 N–H and O–H groups in total. The van der Waals surface area contributed by atoms with Crippen molar-refractivity contribution in [3.63, 3.8) is 0 Å². The van der Waals surface area contributed by atoms with Gasteiger partial charge in [-0.3, -0.25) is 0 Å². The van der Waals surface area contributed by atoms with E-state index >= 15 is 0 Å². The van der Waals surface area contributed by atoms with E-state index in [1.54, 1.807) is 12.1 Å². The van der Waals surface area contributed by atoms with Crippen LogP contribution in [0, 0.1) is 5.92 Å². The van der Waals surface area contributed by atoms with Crippen LogP contribution in [0.3, 0.4) is 0 Å². The molecule has 1 aliphatic rings. The van der Waals surface area contributed by atoms with Crippen molar-refractivity contribution in [2.45, 2.75) is 32.9 Å². The fourth-order valence-electron chi connectivity index (χ4n) is 4.76. The lowest BCUT2D eigenvalue weighted by Crippen LogP contribution is -2.02. The Morgan fingerprint density at radius 2 is 1.74 bits per heavy atom. The molecule has 2 heterocycles. The first-order valence-electron chi connectivity index (χ1n) is 10.9. The Morgan fingerprint density at radius 1 is 0.968 bits per heavy atom. The zero-order chi connectivity index (χ0) is 21.1. The fraction of sp³-hybridized carbons (Fsp3) is 0.231. The van der Waals surface area contributed by atoms with E-state index < -0.39 is 5.97 Å². The number of imidazole rings is 1. The van der Waals surface area contributed by atoms with Crippen molar-refractivity contribution in [1.29, 1.82) is 0 Å². The van der Waals surface area contributed by atoms with Gasteiger partial charge in [0.15, 0.2) is 0 Å². The minimum atomic E-state index is -0.922. The van der Waals surface area contributed by atoms with Gasteiger partial charge in [0.05, 0.1) is 16.6 Å². The van der Waals surface area contributed by atoms with Crippen LogP contribution in [-0.2, 0) is 13.1 Å². The molecular weight excluding hydrogens is 386 g/mol. The molecule has 0 bridgehead atoms. The molecule has 0 spiro atoms. The normalized spacial score (nSPS) is 14.1. The van der Waals surface area contributed by atoms with Crippen LogP contribution in [0.2, 0.25) is 0 Å². The number of hydrogen-bond acceptors (Lipinski definition) is 2. The third kappa shape index (κ3) is 2.84. The lowest BCUT2D eigenvalue weighted by molar-refractivity contribution is 0.0697. The Morgan fingerprint density at radius 3 is 2.52 bits per heavy atom. The first-order chi connectivity index (χ1) is 15.1. The van der Waals surface area contributed by atoms with Crippen molar-refractivity contribution in [3.05, 3.63) is 66.2 Å². The molecule has 31 heavy (non-hydrogen) atoms. The van der Waals surface area contributed by atoms with Crippen LogP contribution in [0.15, 0.2) is 60.7 Å². The van der Waals surface area contributed by atoms with Crippen molar-refractivity contribution >= 4 is 38.8 Å². The monoisotopic (exact) mass is 409 g/mol. The topological polar surface area (TPSA) is 60.1 Å². The van der Waals surface area contributed by atoms with Gasteiger partial charge in [-0.05, 0) is 68.1 Å². The van der Waals surface area contributed by atoms with Gasteiger partial charge in [0, 0.05) is 40.5 Å². The van der Waals surface area contributed by atoms with Crippen molar-refractivity contribution in [3.8, 4) is 11.4 Å². The molecule has 6 rings (SSSR count). The summed E-state index contributed by atoms with van der Waals surface area (Å²) in [4.78, 5) is 16.4. The highest BCUT2D eigenvalue weighted by Gasteiger charge is 2.25. The van der Waals surface area contributed by atoms with Gasteiger partial charge in [0.1, 0.15) is 5.82 Å². The first kappa shape index (κ1) is 18.2. The minimum Gasteiger partial charge on any atom is -0.478 e. The number of aromatic nitrogens is 3. The van der Waals surface area contributed by atoms with Crippen LogP contribution in [-0.4, -0.2) is 25.2 Å². The Balaban J connectivity index is 1.60. The van der Waals surface area contributed by atoms with E-state index in [4.69, 9.17) is 4.98 Å². The number of hydrogen-bond donors (Lipinski definition) is 1. The molecule has 2 aromatic heterocycles. The number of benzene rings is 3. The molecule has 1 aliphatic carbocycles. The molecule has 0 aliphatic heterocycles. The maximum absolute atomic E-state index is 11.5. The summed E-state index contributed by atoms with van der Waals surface area (Å²) in [5.74, 6) is 0.676. The summed E-state index contributed by atoms with van der Waals surface area (Å²) in [6, 6.07) is 20.4. The van der Waals surface area contributed by atoms with Gasteiger partial charge in [0.2, 0.25) is 0 Å². The van der Waals surface area contributed by atoms with Gasteiger partial charge >= 0.3 is 5.97 Å². The molecule has 1 saturated carbocycles. The molecule has 5 nitrogen and oxygen atoms in total. The predicted octanol–water partition coefficient (Wildman–Crippen LogP) is 5.94. The lowest BCUT2D eigenvalue weighted by atomic mass is 10.1. The molecule has 0 atom stereocenters. The van der Waals surface area contributed by atoms with E-state index in [-0.39, 0.29) is 5.56 Å². The van der Waals surface area contributed by atoms with Crippen LogP contribution in [0.25, 0.3) is 44.2 Å². The van der Waals surface area contributed by atoms with Gasteiger partial charge in [-0.2, -0.15) is 0 Å². The molecule has 0 unspecified atom stereocenters. The average Bonchev–Trinajstić information content (AvgIpc) is 3.46. The summed E-state index contributed by atoms with van der Waals surface area (Å²) in [6.07, 6.45) is 2.49. The van der Waals surface area contributed by atoms with E-state index in [2.05, 4.69) is 58.5 Å². The summed E-state index contributed by atoms with van der Waals surface area (Å²) in [5, 5.41) is 11.9. The van der Waals surface area contributed by atoms with Gasteiger partial charge in [-0.25, -0.2) is 9.78 Å². The third-order valence-electron chi connectivity index (χ3n) is 6.48. The molecule has 5 heteroatoms. The standard InChI is InChI=1S/C26H23N3O2/c1-2-28-22-6-4-3-5-19(22)20-13-17(9-11-23(20)28)25-27-21-14-18(26(30)31)10-12-24(21)29(25)15-16-7-8-16/h3-6,9-14,16H,2,7-8,15H2,1H3,(H,30,31). The number of carbonyl (C=O) groups is 1. The summed E-state index contributed by atoms with van der Waals surface area (Å²) in [7, 11) is 0. The average molecular weight is 409 g/mol. The summed E-state index contributed by atoms with van der Waals surface area (Å²) in [5.41, 5.74) is 5.56. The van der Waals surface area contributed by atoms with Crippen LogP contribution in [0.4, 0.5) is 0 Å². The fourth-order valence-corrected chi connectivity index (χ4v) is 4.76. The quantitative estimate of drug-likeness (QED) is 0.391. The first-order valence-corrected chi connectivity index (χ1v) is 10.9. The van der Waals surface area contributed by atoms with E-state index in [0.717, 1.165) is 35.5 Å². The highest BCUT2D eigenvalue weighted by molar-refractivity contribution is 6.09. The van der Waals surface area contributed by atoms with Crippen LogP contribution >= 0.6 is 0 Å². The van der Waals surface area contributed by atoms with Gasteiger partial charge < -0.3 is 14.2 Å². The van der Waals surface area contributed by atoms with Gasteiger partial charge in [-0.15, -0.1) is 0 Å². The van der Waals surface area contributed by atoms with Gasteiger partial charge in [0.25, 0.3) is 0 Å². The van der Waals surface area contributed by atoms with E-state index in [1.807, 2.05) is 6.07 Å². The number of rotatable bonds is 5. The highest BCUT2D eigenvalue weighted by Crippen LogP contribution is 2.37. The highest BCUT2D eigenvalue weighted by atomic mass is 16.4. The molecule has 0 saturated heterocycles. The molecule has 3 aromatic carbocycles. The number of carboxylic acid groups (broad SMARTS) is 1. The maximum atomic E-state index is 11.5. The molecule has 0 radical (unpaired) electrons. The van der Waals surface area contributed by atoms with Crippen molar-refractivity contribution in [2.24, 2.45) is 5.92 Å². The number of fused-ring (bicyclic) bond motifs is 4. The third-order valence-corrected chi connectivity index (χ3v) is 6.48. The van der Waals surface area contributed by atoms with E-state index in [0.29, 0.717) is 5.92 Å². The number of para-hydroxylation sites is 1. The second-order valence-electron chi connectivity index (χ2n) is 8.49. The van der Waals surface area contributed by atoms with Crippen molar-refractivity contribution in [2.75, 3.05) is 0 Å². The number of aryl methyl sites for hydroxylation is 1. The smallest absolute Gasteiger partial charge is 0.335 e. The molecule has 1 fully saturated rings. The Hall–Kier alpha value is -3.60. The largest absolute Gasteiger partial charge is 0.478 e. The Labute approximate surface area is 179 Å². The van der Waals surface area contributed by atoms with Crippen LogP contribution in [0.5, 0.6) is 0 Å². The Kier molecular flexibility index (Phi) is 3.93. The zero-order valence-corrected chi connectivity index (χ0v) is 17.4. The minimum absolute atomic E-state index is 0.275. The second-order valence-corrected chi connectivity index (χ2v) is 8.49. The Bertz CT molecular complexity index is 1490. The zero-order valence-electron chi connectivity index (χ0n) is 17.4. The molecule has 0 amide bonds. The number of nitrogens with zero attached hydrogens (tertiary/aromatic N) is 3. The van der Waals surface area contributed by atoms with E-state index in [9.17, 15) is 9.90 Å². The number of carboxylic acids is 1. The molecule has 5 aromatic rings. The summed E-state index contributed by atoms with van der Waals surface area (Å²) in [6.45, 7) is 4.02. The molecule has 154 valence electrons. The summed E-state index contributed by atoms with van der Waals surface area (Å²) < 4.78 is 4.62. The molecular formula is C26H23N3O2. The SMILES string of the molecule is CCn1c2ccccc2c2cc(-c3nc4cc(C(=O)O)ccc4n3CC3CC3)ccc21. The van der Waals surface area contributed by atoms with Crippen molar-refractivity contribution < 1.29 is 9.90 Å². The summed E-state index contributed by atoms with van der Waals surface area (Å²) >= 11 is 0. The van der Waals surface area contributed by atoms with Crippen LogP contribution in [0.1, 0.15) is 30.1 Å². The lowest BCUT2D eigenvalue weighted by Gasteiger charge is -2.09. The number of aromatic carboxylic acids is 1.